The van der Waals surface area contributed by atoms with Crippen molar-refractivity contribution in [2.75, 3.05) is 7.11 Å². The van der Waals surface area contributed by atoms with E-state index in [0.29, 0.717) is 0 Å². The average Bonchev–Trinajstić information content (AvgIpc) is 2.29. The van der Waals surface area contributed by atoms with E-state index < -0.39 is 17.8 Å². The van der Waals surface area contributed by atoms with Crippen LogP contribution in [0.1, 0.15) is 5.56 Å². The van der Waals surface area contributed by atoms with Gasteiger partial charge in [0.2, 0.25) is 7.85 Å². The lowest BCUT2D eigenvalue weighted by atomic mass is 10.0. The quantitative estimate of drug-likeness (QED) is 0.581. The van der Waals surface area contributed by atoms with Crippen LogP contribution in [0.3, 0.4) is 0 Å². The minimum absolute atomic E-state index is 0.131. The third-order valence-electron chi connectivity index (χ3n) is 2.18. The molecule has 1 atom stereocenters. The minimum atomic E-state index is -0.831. The number of carbonyl (C=O) groups is 2. The van der Waals surface area contributed by atoms with Crippen LogP contribution in [0.25, 0.3) is 0 Å². The van der Waals surface area contributed by atoms with Gasteiger partial charge in [-0.15, -0.1) is 0 Å². The number of esters is 1. The van der Waals surface area contributed by atoms with E-state index in [1.807, 2.05) is 0 Å². The molecule has 0 aliphatic heterocycles. The van der Waals surface area contributed by atoms with Crippen molar-refractivity contribution in [3.63, 3.8) is 0 Å². The zero-order chi connectivity index (χ0) is 12.8. The minimum Gasteiger partial charge on any atom is -0.508 e. The van der Waals surface area contributed by atoms with E-state index in [-0.39, 0.29) is 12.2 Å². The Kier molecular flexibility index (Phi) is 4.57. The van der Waals surface area contributed by atoms with Crippen molar-refractivity contribution >= 4 is 19.6 Å². The number of phenols is 1. The summed E-state index contributed by atoms with van der Waals surface area (Å²) in [6.07, 6.45) is 0.246. The molecule has 2 radical (unpaired) electrons. The molecule has 1 amide bonds. The predicted octanol–water partition coefficient (Wildman–Crippen LogP) is 0.354. The number of amides is 1. The van der Waals surface area contributed by atoms with Crippen LogP contribution in [-0.4, -0.2) is 37.9 Å². The number of hydrogen-bond donors (Lipinski definition) is 2. The Hall–Kier alpha value is -1.98. The Labute approximate surface area is 100 Å². The number of phenolic OH excluding ortho intramolecular Hbond substituents is 1. The molecule has 6 heteroatoms. The molecule has 0 aliphatic carbocycles. The van der Waals surface area contributed by atoms with E-state index in [2.05, 4.69) is 10.1 Å². The van der Waals surface area contributed by atoms with Crippen molar-refractivity contribution in [2.45, 2.75) is 12.5 Å². The summed E-state index contributed by atoms with van der Waals surface area (Å²) < 4.78 is 4.55. The highest BCUT2D eigenvalue weighted by Crippen LogP contribution is 2.11. The van der Waals surface area contributed by atoms with Gasteiger partial charge in [-0.3, -0.25) is 4.79 Å². The first-order valence-corrected chi connectivity index (χ1v) is 4.94. The Morgan fingerprint density at radius 3 is 2.47 bits per heavy atom. The Balaban J connectivity index is 2.75. The van der Waals surface area contributed by atoms with Crippen LogP contribution in [-0.2, 0) is 16.0 Å². The number of carbonyl (C=O) groups excluding carboxylic acids is 2. The molecule has 88 valence electrons. The van der Waals surface area contributed by atoms with Crippen molar-refractivity contribution in [2.24, 2.45) is 0 Å². The fourth-order valence-electron chi connectivity index (χ4n) is 1.38. The SMILES string of the molecule is [B]C(=O)N[C@@H](Cc1ccc(O)cc1)C(=O)OC. The summed E-state index contributed by atoms with van der Waals surface area (Å²) in [6, 6.07) is 5.45. The van der Waals surface area contributed by atoms with Crippen LogP contribution in [0.4, 0.5) is 4.79 Å². The lowest BCUT2D eigenvalue weighted by Crippen LogP contribution is -2.42. The maximum absolute atomic E-state index is 11.4. The molecule has 17 heavy (non-hydrogen) atoms. The van der Waals surface area contributed by atoms with Gasteiger partial charge in [0.15, 0.2) is 5.81 Å². The number of benzene rings is 1. The predicted molar refractivity (Wildman–Crippen MR) is 61.9 cm³/mol. The second kappa shape index (κ2) is 5.93. The Morgan fingerprint density at radius 1 is 1.41 bits per heavy atom. The molecule has 0 spiro atoms. The van der Waals surface area contributed by atoms with E-state index >= 15 is 0 Å². The molecule has 1 aromatic carbocycles. The fraction of sp³-hybridized carbons (Fsp3) is 0.273. The molecule has 1 rings (SSSR count). The van der Waals surface area contributed by atoms with E-state index in [9.17, 15) is 9.59 Å². The third-order valence-corrected chi connectivity index (χ3v) is 2.18. The normalized spacial score (nSPS) is 11.6. The Morgan fingerprint density at radius 2 is 2.00 bits per heavy atom. The van der Waals surface area contributed by atoms with E-state index in [1.54, 1.807) is 12.1 Å². The molecule has 0 saturated heterocycles. The van der Waals surface area contributed by atoms with Gasteiger partial charge in [-0.25, -0.2) is 4.79 Å². The van der Waals surface area contributed by atoms with Crippen LogP contribution in [0.5, 0.6) is 5.75 Å². The van der Waals surface area contributed by atoms with Gasteiger partial charge >= 0.3 is 5.97 Å². The molecular formula is C11H12BNO4. The van der Waals surface area contributed by atoms with Crippen LogP contribution in [0.15, 0.2) is 24.3 Å². The summed E-state index contributed by atoms with van der Waals surface area (Å²) in [7, 11) is 6.20. The molecule has 1 aromatic rings. The van der Waals surface area contributed by atoms with Gasteiger partial charge in [0, 0.05) is 6.42 Å². The largest absolute Gasteiger partial charge is 0.508 e. The van der Waals surface area contributed by atoms with Crippen molar-refractivity contribution in [1.82, 2.24) is 5.32 Å². The van der Waals surface area contributed by atoms with Crippen LogP contribution < -0.4 is 5.32 Å². The molecule has 5 nitrogen and oxygen atoms in total. The molecule has 0 bridgehead atoms. The fourth-order valence-corrected chi connectivity index (χ4v) is 1.38. The van der Waals surface area contributed by atoms with Crippen molar-refractivity contribution < 1.29 is 19.4 Å². The van der Waals surface area contributed by atoms with Crippen LogP contribution in [0.2, 0.25) is 0 Å². The smallest absolute Gasteiger partial charge is 0.328 e. The zero-order valence-electron chi connectivity index (χ0n) is 9.34. The second-order valence-electron chi connectivity index (χ2n) is 3.45. The lowest BCUT2D eigenvalue weighted by molar-refractivity contribution is -0.142. The first-order valence-electron chi connectivity index (χ1n) is 4.94. The second-order valence-corrected chi connectivity index (χ2v) is 3.45. The van der Waals surface area contributed by atoms with Crippen molar-refractivity contribution in [3.05, 3.63) is 29.8 Å². The molecule has 0 heterocycles. The zero-order valence-corrected chi connectivity index (χ0v) is 9.34. The number of hydrogen-bond acceptors (Lipinski definition) is 4. The molecule has 0 saturated carbocycles. The number of ether oxygens (including phenoxy) is 1. The van der Waals surface area contributed by atoms with Crippen LogP contribution >= 0.6 is 0 Å². The first-order chi connectivity index (χ1) is 8.02. The standard InChI is InChI=1S/C11H12BNO4/c1-17-10(15)9(13-11(12)16)6-7-2-4-8(14)5-3-7/h2-5,9,14H,6H2,1H3,(H,13,16)/t9-/m0/s1. The average molecular weight is 233 g/mol. The molecule has 2 N–H and O–H groups in total. The summed E-state index contributed by atoms with van der Waals surface area (Å²) in [6.45, 7) is 0. The molecule has 0 unspecified atom stereocenters. The Bertz CT molecular complexity index is 404. The number of rotatable bonds is 4. The van der Waals surface area contributed by atoms with Gasteiger partial charge in [0.25, 0.3) is 0 Å². The van der Waals surface area contributed by atoms with E-state index in [1.165, 1.54) is 19.2 Å². The summed E-state index contributed by atoms with van der Waals surface area (Å²) >= 11 is 0. The van der Waals surface area contributed by atoms with Gasteiger partial charge in [0.05, 0.1) is 7.11 Å². The highest BCUT2D eigenvalue weighted by molar-refractivity contribution is 6.57. The molecule has 0 aliphatic rings. The summed E-state index contributed by atoms with van der Waals surface area (Å²) in [5, 5.41) is 11.4. The summed E-state index contributed by atoms with van der Waals surface area (Å²) in [5.41, 5.74) is 0.770. The van der Waals surface area contributed by atoms with Gasteiger partial charge in [0.1, 0.15) is 11.8 Å². The third kappa shape index (κ3) is 4.18. The van der Waals surface area contributed by atoms with Crippen molar-refractivity contribution in [1.29, 1.82) is 0 Å². The number of aromatic hydroxyl groups is 1. The van der Waals surface area contributed by atoms with Crippen molar-refractivity contribution in [3.8, 4) is 5.75 Å². The van der Waals surface area contributed by atoms with Crippen LogP contribution in [0, 0.1) is 0 Å². The number of methoxy groups -OCH3 is 1. The topological polar surface area (TPSA) is 75.6 Å². The first kappa shape index (κ1) is 13.1. The lowest BCUT2D eigenvalue weighted by Gasteiger charge is -2.15. The maximum Gasteiger partial charge on any atom is 0.328 e. The van der Waals surface area contributed by atoms with E-state index in [4.69, 9.17) is 13.0 Å². The van der Waals surface area contributed by atoms with Gasteiger partial charge in [-0.2, -0.15) is 0 Å². The van der Waals surface area contributed by atoms with E-state index in [0.717, 1.165) is 5.56 Å². The summed E-state index contributed by atoms with van der Waals surface area (Å²) in [5.74, 6) is -1.23. The van der Waals surface area contributed by atoms with Gasteiger partial charge in [-0.1, -0.05) is 12.1 Å². The molecular weight excluding hydrogens is 221 g/mol. The highest BCUT2D eigenvalue weighted by atomic mass is 16.5. The molecule has 0 fully saturated rings. The molecule has 0 aromatic heterocycles. The monoisotopic (exact) mass is 233 g/mol. The maximum atomic E-state index is 11.4. The summed E-state index contributed by atoms with van der Waals surface area (Å²) in [4.78, 5) is 22.1. The number of nitrogens with one attached hydrogen (secondary N) is 1. The van der Waals surface area contributed by atoms with Gasteiger partial charge < -0.3 is 15.2 Å². The highest BCUT2D eigenvalue weighted by Gasteiger charge is 2.20. The van der Waals surface area contributed by atoms with Gasteiger partial charge in [-0.05, 0) is 17.7 Å².